The molecule has 2 heterocycles. The van der Waals surface area contributed by atoms with Gasteiger partial charge in [0.05, 0.1) is 6.04 Å². The largest absolute Gasteiger partial charge is 0.320 e. The first kappa shape index (κ1) is 13.1. The van der Waals surface area contributed by atoms with Gasteiger partial charge in [0.2, 0.25) is 5.91 Å². The number of amides is 1. The van der Waals surface area contributed by atoms with Crippen LogP contribution in [0.2, 0.25) is 0 Å². The van der Waals surface area contributed by atoms with Crippen molar-refractivity contribution in [1.29, 1.82) is 0 Å². The molecular formula is C15H22N2OS. The molecule has 1 aliphatic carbocycles. The summed E-state index contributed by atoms with van der Waals surface area (Å²) in [5, 5.41) is 3.43. The lowest BCUT2D eigenvalue weighted by Gasteiger charge is -2.24. The maximum Gasteiger partial charge on any atom is 0.241 e. The number of nitrogens with one attached hydrogen (secondary N) is 1. The molecule has 0 aromatic carbocycles. The van der Waals surface area contributed by atoms with Crippen LogP contribution in [-0.2, 0) is 4.79 Å². The summed E-state index contributed by atoms with van der Waals surface area (Å²) >= 11 is 1.78. The third-order valence-corrected chi connectivity index (χ3v) is 5.59. The van der Waals surface area contributed by atoms with E-state index in [4.69, 9.17) is 0 Å². The molecule has 1 aromatic rings. The number of nitrogens with zero attached hydrogens (tertiary/aromatic N) is 1. The maximum absolute atomic E-state index is 12.3. The molecule has 2 fully saturated rings. The highest BCUT2D eigenvalue weighted by molar-refractivity contribution is 7.12. The summed E-state index contributed by atoms with van der Waals surface area (Å²) in [6.45, 7) is 9.56. The highest BCUT2D eigenvalue weighted by Gasteiger charge is 2.49. The van der Waals surface area contributed by atoms with Crippen LogP contribution in [0.15, 0.2) is 12.1 Å². The molecular weight excluding hydrogens is 256 g/mol. The lowest BCUT2D eigenvalue weighted by Crippen LogP contribution is -2.32. The first-order valence-electron chi connectivity index (χ1n) is 7.01. The highest BCUT2D eigenvalue weighted by atomic mass is 32.1. The molecule has 3 atom stereocenters. The van der Waals surface area contributed by atoms with E-state index in [9.17, 15) is 4.79 Å². The summed E-state index contributed by atoms with van der Waals surface area (Å²) in [7, 11) is 0. The normalized spacial score (nSPS) is 32.9. The first-order chi connectivity index (χ1) is 8.88. The van der Waals surface area contributed by atoms with Gasteiger partial charge in [0.1, 0.15) is 6.17 Å². The fraction of sp³-hybridized carbons (Fsp3) is 0.667. The van der Waals surface area contributed by atoms with E-state index in [1.165, 1.54) is 16.2 Å². The average molecular weight is 278 g/mol. The highest BCUT2D eigenvalue weighted by Crippen LogP contribution is 2.52. The van der Waals surface area contributed by atoms with Crippen molar-refractivity contribution in [3.8, 4) is 0 Å². The van der Waals surface area contributed by atoms with Crippen LogP contribution in [0.25, 0.3) is 0 Å². The van der Waals surface area contributed by atoms with Crippen molar-refractivity contribution in [2.45, 2.75) is 46.3 Å². The Labute approximate surface area is 119 Å². The summed E-state index contributed by atoms with van der Waals surface area (Å²) in [6.07, 6.45) is 1.32. The van der Waals surface area contributed by atoms with Crippen LogP contribution >= 0.6 is 11.3 Å². The van der Waals surface area contributed by atoms with Gasteiger partial charge in [0.15, 0.2) is 0 Å². The lowest BCUT2D eigenvalue weighted by molar-refractivity contribution is -0.130. The maximum atomic E-state index is 12.3. The molecule has 3 nitrogen and oxygen atoms in total. The van der Waals surface area contributed by atoms with Gasteiger partial charge in [-0.25, -0.2) is 0 Å². The van der Waals surface area contributed by atoms with Crippen LogP contribution < -0.4 is 5.32 Å². The van der Waals surface area contributed by atoms with Crippen molar-refractivity contribution in [2.75, 3.05) is 6.54 Å². The third kappa shape index (κ3) is 2.32. The summed E-state index contributed by atoms with van der Waals surface area (Å²) in [5.41, 5.74) is 0.419. The summed E-state index contributed by atoms with van der Waals surface area (Å²) in [4.78, 5) is 16.9. The second-order valence-electron chi connectivity index (χ2n) is 6.62. The van der Waals surface area contributed by atoms with Crippen molar-refractivity contribution in [2.24, 2.45) is 11.3 Å². The molecule has 19 heavy (non-hydrogen) atoms. The fourth-order valence-electron chi connectivity index (χ4n) is 2.93. The quantitative estimate of drug-likeness (QED) is 0.922. The minimum Gasteiger partial charge on any atom is -0.320 e. The predicted octanol–water partition coefficient (Wildman–Crippen LogP) is 2.92. The zero-order valence-electron chi connectivity index (χ0n) is 12.1. The second kappa shape index (κ2) is 4.32. The number of aryl methyl sites for hydroxylation is 1. The fourth-order valence-corrected chi connectivity index (χ4v) is 3.88. The standard InChI is InChI=1S/C15H22N2OS/c1-9-5-6-12(19-9)13-16-10(2)14(18)17(13)8-11-7-15(11,3)4/h5-6,10-11,13,16H,7-8H2,1-4H3. The molecule has 1 saturated carbocycles. The number of hydrogen-bond donors (Lipinski definition) is 1. The minimum absolute atomic E-state index is 0.0609. The van der Waals surface area contributed by atoms with Gasteiger partial charge in [0, 0.05) is 16.3 Å². The molecule has 2 aliphatic rings. The summed E-state index contributed by atoms with van der Waals surface area (Å²) in [5.74, 6) is 0.908. The number of hydrogen-bond acceptors (Lipinski definition) is 3. The van der Waals surface area contributed by atoms with Gasteiger partial charge in [0.25, 0.3) is 0 Å². The third-order valence-electron chi connectivity index (χ3n) is 4.54. The Morgan fingerprint density at radius 3 is 2.68 bits per heavy atom. The van der Waals surface area contributed by atoms with E-state index in [1.54, 1.807) is 11.3 Å². The molecule has 1 aromatic heterocycles. The van der Waals surface area contributed by atoms with Crippen molar-refractivity contribution < 1.29 is 4.79 Å². The summed E-state index contributed by atoms with van der Waals surface area (Å²) < 4.78 is 0. The smallest absolute Gasteiger partial charge is 0.241 e. The number of carbonyl (C=O) groups excluding carboxylic acids is 1. The van der Waals surface area contributed by atoms with E-state index in [2.05, 4.69) is 43.1 Å². The molecule has 0 bridgehead atoms. The van der Waals surface area contributed by atoms with Crippen LogP contribution in [0.5, 0.6) is 0 Å². The number of carbonyl (C=O) groups is 1. The topological polar surface area (TPSA) is 32.3 Å². The summed E-state index contributed by atoms with van der Waals surface area (Å²) in [6, 6.07) is 4.22. The van der Waals surface area contributed by atoms with Gasteiger partial charge in [-0.3, -0.25) is 10.1 Å². The molecule has 1 saturated heterocycles. The van der Waals surface area contributed by atoms with Crippen molar-refractivity contribution in [3.05, 3.63) is 21.9 Å². The molecule has 4 heteroatoms. The zero-order chi connectivity index (χ0) is 13.8. The van der Waals surface area contributed by atoms with E-state index in [1.807, 2.05) is 6.92 Å². The van der Waals surface area contributed by atoms with E-state index in [-0.39, 0.29) is 18.1 Å². The van der Waals surface area contributed by atoms with Crippen molar-refractivity contribution in [3.63, 3.8) is 0 Å². The SMILES string of the molecule is Cc1ccc(C2NC(C)C(=O)N2CC2CC2(C)C)s1. The van der Waals surface area contributed by atoms with Gasteiger partial charge in [-0.05, 0) is 43.7 Å². The van der Waals surface area contributed by atoms with Crippen LogP contribution in [0.1, 0.15) is 43.1 Å². The van der Waals surface area contributed by atoms with E-state index < -0.39 is 0 Å². The van der Waals surface area contributed by atoms with E-state index in [0.717, 1.165) is 6.54 Å². The monoisotopic (exact) mass is 278 g/mol. The van der Waals surface area contributed by atoms with Gasteiger partial charge in [-0.15, -0.1) is 11.3 Å². The minimum atomic E-state index is -0.0609. The Hall–Kier alpha value is -0.870. The molecule has 1 amide bonds. The van der Waals surface area contributed by atoms with E-state index >= 15 is 0 Å². The van der Waals surface area contributed by atoms with Gasteiger partial charge >= 0.3 is 0 Å². The Morgan fingerprint density at radius 1 is 1.47 bits per heavy atom. The number of rotatable bonds is 3. The Balaban J connectivity index is 1.80. The van der Waals surface area contributed by atoms with Gasteiger partial charge in [-0.2, -0.15) is 0 Å². The van der Waals surface area contributed by atoms with E-state index in [0.29, 0.717) is 11.3 Å². The molecule has 0 radical (unpaired) electrons. The number of thiophene rings is 1. The average Bonchev–Trinajstić information content (AvgIpc) is 2.67. The molecule has 1 N–H and O–H groups in total. The van der Waals surface area contributed by atoms with Crippen LogP contribution in [-0.4, -0.2) is 23.4 Å². The Bertz CT molecular complexity index is 508. The molecule has 3 rings (SSSR count). The molecule has 1 aliphatic heterocycles. The lowest BCUT2D eigenvalue weighted by atomic mass is 10.1. The Morgan fingerprint density at radius 2 is 2.16 bits per heavy atom. The second-order valence-corrected chi connectivity index (χ2v) is 7.94. The molecule has 3 unspecified atom stereocenters. The Kier molecular flexibility index (Phi) is 2.98. The predicted molar refractivity (Wildman–Crippen MR) is 78.0 cm³/mol. The molecule has 104 valence electrons. The first-order valence-corrected chi connectivity index (χ1v) is 7.83. The van der Waals surface area contributed by atoms with Crippen LogP contribution in [0.4, 0.5) is 0 Å². The van der Waals surface area contributed by atoms with Crippen LogP contribution in [0, 0.1) is 18.3 Å². The zero-order valence-corrected chi connectivity index (χ0v) is 12.9. The van der Waals surface area contributed by atoms with Gasteiger partial charge in [-0.1, -0.05) is 13.8 Å². The van der Waals surface area contributed by atoms with Gasteiger partial charge < -0.3 is 4.90 Å². The van der Waals surface area contributed by atoms with Crippen molar-refractivity contribution in [1.82, 2.24) is 10.2 Å². The van der Waals surface area contributed by atoms with Crippen LogP contribution in [0.3, 0.4) is 0 Å². The van der Waals surface area contributed by atoms with Crippen molar-refractivity contribution >= 4 is 17.2 Å². The molecule has 0 spiro atoms.